The average molecular weight is 404 g/mol. The summed E-state index contributed by atoms with van der Waals surface area (Å²) in [5.41, 5.74) is 1.05. The van der Waals surface area contributed by atoms with Gasteiger partial charge in [0.25, 0.3) is 5.91 Å². The van der Waals surface area contributed by atoms with E-state index in [-0.39, 0.29) is 22.3 Å². The van der Waals surface area contributed by atoms with Crippen molar-refractivity contribution in [2.24, 2.45) is 4.99 Å². The summed E-state index contributed by atoms with van der Waals surface area (Å²) in [4.78, 5) is 43.0. The Morgan fingerprint density at radius 3 is 2.54 bits per heavy atom. The molecule has 7 nitrogen and oxygen atoms in total. The van der Waals surface area contributed by atoms with Crippen LogP contribution in [0.25, 0.3) is 0 Å². The first-order chi connectivity index (χ1) is 13.4. The van der Waals surface area contributed by atoms with E-state index >= 15 is 0 Å². The summed E-state index contributed by atoms with van der Waals surface area (Å²) >= 11 is 0.966. The van der Waals surface area contributed by atoms with E-state index in [1.54, 1.807) is 13.8 Å². The number of fused-ring (bicyclic) bond motifs is 1. The highest BCUT2D eigenvalue weighted by molar-refractivity contribution is 8.18. The van der Waals surface area contributed by atoms with Crippen LogP contribution < -0.4 is 0 Å². The van der Waals surface area contributed by atoms with E-state index in [1.807, 2.05) is 0 Å². The van der Waals surface area contributed by atoms with Crippen molar-refractivity contribution in [3.63, 3.8) is 0 Å². The molecule has 0 saturated heterocycles. The Kier molecular flexibility index (Phi) is 5.64. The Labute approximate surface area is 164 Å². The number of carbonyl (C=O) groups is 3. The van der Waals surface area contributed by atoms with Crippen LogP contribution in [0, 0.1) is 5.82 Å². The third-order valence-corrected chi connectivity index (χ3v) is 5.13. The Balaban J connectivity index is 2.15. The van der Waals surface area contributed by atoms with E-state index in [9.17, 15) is 18.8 Å². The number of methoxy groups -OCH3 is 1. The van der Waals surface area contributed by atoms with Gasteiger partial charge in [0.15, 0.2) is 5.17 Å². The average Bonchev–Trinajstić information content (AvgIpc) is 2.66. The number of ether oxygens (including phenoxy) is 2. The maximum Gasteiger partial charge on any atom is 0.345 e. The van der Waals surface area contributed by atoms with E-state index in [0.717, 1.165) is 17.8 Å². The lowest BCUT2D eigenvalue weighted by Gasteiger charge is -2.37. The molecule has 0 aromatic heterocycles. The fourth-order valence-electron chi connectivity index (χ4n) is 2.93. The molecule has 0 fully saturated rings. The van der Waals surface area contributed by atoms with Crippen LogP contribution in [-0.2, 0) is 23.9 Å². The summed E-state index contributed by atoms with van der Waals surface area (Å²) < 4.78 is 23.2. The van der Waals surface area contributed by atoms with Gasteiger partial charge in [-0.1, -0.05) is 12.1 Å². The molecule has 2 aliphatic rings. The molecule has 2 aliphatic heterocycles. The highest BCUT2D eigenvalue weighted by Crippen LogP contribution is 2.41. The monoisotopic (exact) mass is 404 g/mol. The normalized spacial score (nSPS) is 18.9. The molecule has 1 atom stereocenters. The number of nitrogens with zero attached hydrogens (tertiary/aromatic N) is 2. The molecule has 2 heterocycles. The number of aliphatic imine (C=N–C) groups is 1. The van der Waals surface area contributed by atoms with Gasteiger partial charge in [-0.15, -0.1) is 0 Å². The third-order valence-electron chi connectivity index (χ3n) is 4.15. The largest absolute Gasteiger partial charge is 0.465 e. The van der Waals surface area contributed by atoms with Gasteiger partial charge >= 0.3 is 11.9 Å². The second kappa shape index (κ2) is 7.97. The molecular formula is C19H17FN2O5S. The summed E-state index contributed by atoms with van der Waals surface area (Å²) in [7, 11) is 1.22. The van der Waals surface area contributed by atoms with E-state index < -0.39 is 29.7 Å². The smallest absolute Gasteiger partial charge is 0.345 e. The first-order valence-corrected chi connectivity index (χ1v) is 9.22. The number of hydrogen-bond acceptors (Lipinski definition) is 7. The summed E-state index contributed by atoms with van der Waals surface area (Å²) in [6, 6.07) is 4.62. The molecule has 0 spiro atoms. The molecule has 1 aromatic rings. The zero-order valence-corrected chi connectivity index (χ0v) is 16.2. The minimum Gasteiger partial charge on any atom is -0.465 e. The second-order valence-corrected chi connectivity index (χ2v) is 6.89. The first kappa shape index (κ1) is 19.8. The molecule has 146 valence electrons. The number of amidine groups is 1. The van der Waals surface area contributed by atoms with Gasteiger partial charge in [-0.2, -0.15) is 0 Å². The van der Waals surface area contributed by atoms with Gasteiger partial charge in [0.2, 0.25) is 0 Å². The van der Waals surface area contributed by atoms with Crippen molar-refractivity contribution in [2.45, 2.75) is 19.9 Å². The molecule has 0 bridgehead atoms. The zero-order valence-electron chi connectivity index (χ0n) is 15.4. The molecule has 1 aromatic carbocycles. The molecule has 28 heavy (non-hydrogen) atoms. The van der Waals surface area contributed by atoms with Crippen LogP contribution in [0.3, 0.4) is 0 Å². The van der Waals surface area contributed by atoms with Crippen LogP contribution >= 0.6 is 11.8 Å². The van der Waals surface area contributed by atoms with E-state index in [1.165, 1.54) is 36.3 Å². The number of halogens is 1. The summed E-state index contributed by atoms with van der Waals surface area (Å²) in [6.45, 7) is 3.44. The van der Waals surface area contributed by atoms with Crippen molar-refractivity contribution in [3.8, 4) is 0 Å². The molecule has 3 rings (SSSR count). The van der Waals surface area contributed by atoms with Crippen LogP contribution in [0.5, 0.6) is 0 Å². The van der Waals surface area contributed by atoms with Crippen molar-refractivity contribution in [3.05, 3.63) is 57.9 Å². The van der Waals surface area contributed by atoms with Crippen LogP contribution in [0.1, 0.15) is 25.5 Å². The lowest BCUT2D eigenvalue weighted by atomic mass is 9.94. The number of allylic oxidation sites excluding steroid dienone is 1. The number of hydrogen-bond donors (Lipinski definition) is 0. The van der Waals surface area contributed by atoms with Gasteiger partial charge in [0.1, 0.15) is 10.7 Å². The Bertz CT molecular complexity index is 936. The maximum atomic E-state index is 13.4. The fraction of sp³-hybridized carbons (Fsp3) is 0.263. The Hall–Kier alpha value is -2.94. The molecule has 0 unspecified atom stereocenters. The number of rotatable bonds is 4. The predicted molar refractivity (Wildman–Crippen MR) is 100 cm³/mol. The minimum absolute atomic E-state index is 0.0905. The first-order valence-electron chi connectivity index (χ1n) is 8.40. The quantitative estimate of drug-likeness (QED) is 0.718. The predicted octanol–water partition coefficient (Wildman–Crippen LogP) is 2.71. The number of esters is 2. The molecular weight excluding hydrogens is 387 g/mol. The molecule has 0 radical (unpaired) electrons. The van der Waals surface area contributed by atoms with Gasteiger partial charge in [0, 0.05) is 6.08 Å². The Morgan fingerprint density at radius 1 is 1.25 bits per heavy atom. The number of carbonyl (C=O) groups excluding carboxylic acids is 3. The molecule has 1 amide bonds. The lowest BCUT2D eigenvalue weighted by Crippen LogP contribution is -2.44. The van der Waals surface area contributed by atoms with Crippen molar-refractivity contribution >= 4 is 34.8 Å². The molecule has 0 aliphatic carbocycles. The number of thioether (sulfide) groups is 1. The maximum absolute atomic E-state index is 13.4. The summed E-state index contributed by atoms with van der Waals surface area (Å²) in [5.74, 6) is -2.25. The van der Waals surface area contributed by atoms with Gasteiger partial charge in [-0.05, 0) is 43.3 Å². The third kappa shape index (κ3) is 3.57. The molecule has 0 N–H and O–H groups in total. The van der Waals surface area contributed by atoms with Crippen LogP contribution in [0.15, 0.2) is 51.5 Å². The van der Waals surface area contributed by atoms with Gasteiger partial charge in [0.05, 0.1) is 31.0 Å². The summed E-state index contributed by atoms with van der Waals surface area (Å²) in [5, 5.41) is 0.229. The number of benzene rings is 1. The fourth-order valence-corrected chi connectivity index (χ4v) is 3.93. The van der Waals surface area contributed by atoms with Gasteiger partial charge < -0.3 is 9.47 Å². The molecule has 0 saturated carbocycles. The molecule has 9 heteroatoms. The lowest BCUT2D eigenvalue weighted by molar-refractivity contribution is -0.140. The van der Waals surface area contributed by atoms with E-state index in [2.05, 4.69) is 9.73 Å². The van der Waals surface area contributed by atoms with E-state index in [0.29, 0.717) is 11.3 Å². The highest BCUT2D eigenvalue weighted by atomic mass is 32.2. The Morgan fingerprint density at radius 2 is 1.93 bits per heavy atom. The van der Waals surface area contributed by atoms with Crippen molar-refractivity contribution < 1.29 is 28.2 Å². The minimum atomic E-state index is -0.859. The van der Waals surface area contributed by atoms with Gasteiger partial charge in [-0.25, -0.2) is 19.0 Å². The van der Waals surface area contributed by atoms with Crippen LogP contribution in [0.4, 0.5) is 4.39 Å². The van der Waals surface area contributed by atoms with E-state index in [4.69, 9.17) is 4.74 Å². The van der Waals surface area contributed by atoms with Crippen molar-refractivity contribution in [1.82, 2.24) is 4.90 Å². The van der Waals surface area contributed by atoms with Crippen LogP contribution in [-0.4, -0.2) is 41.6 Å². The van der Waals surface area contributed by atoms with Crippen LogP contribution in [0.2, 0.25) is 0 Å². The highest BCUT2D eigenvalue weighted by Gasteiger charge is 2.42. The van der Waals surface area contributed by atoms with Gasteiger partial charge in [-0.3, -0.25) is 9.69 Å². The van der Waals surface area contributed by atoms with Crippen molar-refractivity contribution in [1.29, 1.82) is 0 Å². The SMILES string of the molecule is CCOC(=O)C1=C(C)N=C2SC(C(=O)OC)=CC(=O)N2[C@H]1c1ccc(F)cc1. The zero-order chi connectivity index (χ0) is 20.4. The number of amides is 1. The topological polar surface area (TPSA) is 85.3 Å². The standard InChI is InChI=1S/C19H17FN2O5S/c1-4-27-18(25)15-10(2)21-19-22(14(23)9-13(28-19)17(24)26-3)16(15)11-5-7-12(20)8-6-11/h5-9,16H,4H2,1-3H3/t16-/m0/s1. The summed E-state index contributed by atoms with van der Waals surface area (Å²) in [6.07, 6.45) is 1.13. The van der Waals surface area contributed by atoms with Crippen molar-refractivity contribution in [2.75, 3.05) is 13.7 Å². The second-order valence-electron chi connectivity index (χ2n) is 5.88.